The summed E-state index contributed by atoms with van der Waals surface area (Å²) in [4.78, 5) is 36.9. The van der Waals surface area contributed by atoms with Gasteiger partial charge in [-0.15, -0.1) is 11.3 Å². The minimum Gasteiger partial charge on any atom is -0.453 e. The van der Waals surface area contributed by atoms with Crippen molar-refractivity contribution in [3.05, 3.63) is 21.9 Å². The van der Waals surface area contributed by atoms with E-state index in [-0.39, 0.29) is 30.6 Å². The minimum absolute atomic E-state index is 0.00315. The molecule has 1 aliphatic rings. The molecule has 6 heteroatoms. The average molecular weight is 309 g/mol. The molecule has 1 aliphatic carbocycles. The van der Waals surface area contributed by atoms with Crippen molar-refractivity contribution in [2.24, 2.45) is 0 Å². The SMILES string of the molecule is Cc1ccc(C(=O)CCC(=O)O[C@@H](C)C(=O)NC2CC2)s1. The maximum Gasteiger partial charge on any atom is 0.307 e. The second-order valence-corrected chi connectivity index (χ2v) is 6.54. The van der Waals surface area contributed by atoms with Gasteiger partial charge in [0.15, 0.2) is 11.9 Å². The number of hydrogen-bond donors (Lipinski definition) is 1. The molecule has 1 heterocycles. The van der Waals surface area contributed by atoms with E-state index in [1.54, 1.807) is 13.0 Å². The molecule has 5 nitrogen and oxygen atoms in total. The van der Waals surface area contributed by atoms with Crippen molar-refractivity contribution in [3.63, 3.8) is 0 Å². The van der Waals surface area contributed by atoms with E-state index >= 15 is 0 Å². The summed E-state index contributed by atoms with van der Waals surface area (Å²) in [5, 5.41) is 2.77. The zero-order valence-corrected chi connectivity index (χ0v) is 13.0. The Balaban J connectivity index is 1.71. The van der Waals surface area contributed by atoms with E-state index in [2.05, 4.69) is 5.32 Å². The normalized spacial score (nSPS) is 15.3. The van der Waals surface area contributed by atoms with E-state index in [0.717, 1.165) is 17.7 Å². The van der Waals surface area contributed by atoms with Crippen LogP contribution >= 0.6 is 11.3 Å². The molecule has 114 valence electrons. The Morgan fingerprint density at radius 1 is 1.33 bits per heavy atom. The van der Waals surface area contributed by atoms with Gasteiger partial charge in [0.2, 0.25) is 0 Å². The monoisotopic (exact) mass is 309 g/mol. The van der Waals surface area contributed by atoms with Crippen molar-refractivity contribution in [2.45, 2.75) is 51.7 Å². The molecule has 1 amide bonds. The standard InChI is InChI=1S/C15H19NO4S/c1-9-3-7-13(21-9)12(17)6-8-14(18)20-10(2)15(19)16-11-4-5-11/h3,7,10-11H,4-6,8H2,1-2H3,(H,16,19)/t10-/m0/s1. The Labute approximate surface area is 127 Å². The van der Waals surface area contributed by atoms with Gasteiger partial charge in [-0.05, 0) is 38.8 Å². The first-order valence-electron chi connectivity index (χ1n) is 7.05. The third kappa shape index (κ3) is 4.97. The summed E-state index contributed by atoms with van der Waals surface area (Å²) in [5.74, 6) is -0.860. The average Bonchev–Trinajstić information content (AvgIpc) is 3.14. The molecule has 1 saturated carbocycles. The Hall–Kier alpha value is -1.69. The molecule has 0 unspecified atom stereocenters. The number of amides is 1. The summed E-state index contributed by atoms with van der Waals surface area (Å²) < 4.78 is 5.03. The van der Waals surface area contributed by atoms with Crippen molar-refractivity contribution in [2.75, 3.05) is 0 Å². The third-order valence-electron chi connectivity index (χ3n) is 3.17. The Kier molecular flexibility index (Phi) is 5.12. The second-order valence-electron chi connectivity index (χ2n) is 5.25. The van der Waals surface area contributed by atoms with Crippen LogP contribution < -0.4 is 5.32 Å². The van der Waals surface area contributed by atoms with Crippen LogP contribution in [0.15, 0.2) is 12.1 Å². The van der Waals surface area contributed by atoms with Gasteiger partial charge < -0.3 is 10.1 Å². The number of Topliss-reactive ketones (excluding diaryl/α,β-unsaturated/α-hetero) is 1. The van der Waals surface area contributed by atoms with E-state index in [4.69, 9.17) is 4.74 Å². The highest BCUT2D eigenvalue weighted by Crippen LogP contribution is 2.19. The van der Waals surface area contributed by atoms with Crippen molar-refractivity contribution >= 4 is 29.0 Å². The number of carbonyl (C=O) groups excluding carboxylic acids is 3. The minimum atomic E-state index is -0.808. The highest BCUT2D eigenvalue weighted by Gasteiger charge is 2.27. The van der Waals surface area contributed by atoms with Gasteiger partial charge in [0, 0.05) is 17.3 Å². The van der Waals surface area contributed by atoms with Crippen LogP contribution in [-0.4, -0.2) is 29.8 Å². The number of hydrogen-bond acceptors (Lipinski definition) is 5. The Bertz CT molecular complexity index is 548. The summed E-state index contributed by atoms with van der Waals surface area (Å²) >= 11 is 1.41. The van der Waals surface area contributed by atoms with Crippen molar-refractivity contribution in [1.82, 2.24) is 5.32 Å². The fourth-order valence-corrected chi connectivity index (χ4v) is 2.61. The van der Waals surface area contributed by atoms with Crippen LogP contribution in [0.3, 0.4) is 0 Å². The zero-order valence-electron chi connectivity index (χ0n) is 12.2. The van der Waals surface area contributed by atoms with Crippen LogP contribution in [0.2, 0.25) is 0 Å². The van der Waals surface area contributed by atoms with Gasteiger partial charge in [0.1, 0.15) is 0 Å². The molecule has 1 fully saturated rings. The van der Waals surface area contributed by atoms with Crippen LogP contribution in [-0.2, 0) is 14.3 Å². The van der Waals surface area contributed by atoms with Crippen LogP contribution in [0, 0.1) is 6.92 Å². The summed E-state index contributed by atoms with van der Waals surface area (Å²) in [6.45, 7) is 3.47. The molecule has 0 radical (unpaired) electrons. The van der Waals surface area contributed by atoms with E-state index in [1.165, 1.54) is 11.3 Å². The lowest BCUT2D eigenvalue weighted by molar-refractivity contribution is -0.154. The number of ether oxygens (including phenoxy) is 1. The van der Waals surface area contributed by atoms with Gasteiger partial charge in [-0.25, -0.2) is 0 Å². The van der Waals surface area contributed by atoms with Crippen LogP contribution in [0.1, 0.15) is 47.2 Å². The molecule has 2 rings (SSSR count). The predicted octanol–water partition coefficient (Wildman–Crippen LogP) is 2.23. The summed E-state index contributed by atoms with van der Waals surface area (Å²) in [6, 6.07) is 3.88. The highest BCUT2D eigenvalue weighted by atomic mass is 32.1. The molecule has 0 aromatic carbocycles. The molecular formula is C15H19NO4S. The summed E-state index contributed by atoms with van der Waals surface area (Å²) in [7, 11) is 0. The third-order valence-corrected chi connectivity index (χ3v) is 4.21. The van der Waals surface area contributed by atoms with Crippen molar-refractivity contribution < 1.29 is 19.1 Å². The molecule has 1 N–H and O–H groups in total. The van der Waals surface area contributed by atoms with E-state index < -0.39 is 12.1 Å². The first-order valence-corrected chi connectivity index (χ1v) is 7.87. The van der Waals surface area contributed by atoms with E-state index in [9.17, 15) is 14.4 Å². The Morgan fingerprint density at radius 2 is 2.05 bits per heavy atom. The molecular weight excluding hydrogens is 290 g/mol. The fraction of sp³-hybridized carbons (Fsp3) is 0.533. The highest BCUT2D eigenvalue weighted by molar-refractivity contribution is 7.14. The van der Waals surface area contributed by atoms with Crippen LogP contribution in [0.4, 0.5) is 0 Å². The number of rotatable bonds is 7. The molecule has 0 aliphatic heterocycles. The maximum absolute atomic E-state index is 11.9. The number of ketones is 1. The van der Waals surface area contributed by atoms with Crippen molar-refractivity contribution in [1.29, 1.82) is 0 Å². The number of esters is 1. The van der Waals surface area contributed by atoms with Gasteiger partial charge in [0.25, 0.3) is 5.91 Å². The van der Waals surface area contributed by atoms with E-state index in [1.807, 2.05) is 13.0 Å². The molecule has 1 atom stereocenters. The van der Waals surface area contributed by atoms with Crippen LogP contribution in [0.25, 0.3) is 0 Å². The van der Waals surface area contributed by atoms with Gasteiger partial charge in [-0.3, -0.25) is 14.4 Å². The fourth-order valence-electron chi connectivity index (χ4n) is 1.78. The van der Waals surface area contributed by atoms with Gasteiger partial charge in [-0.1, -0.05) is 0 Å². The zero-order chi connectivity index (χ0) is 15.4. The van der Waals surface area contributed by atoms with E-state index in [0.29, 0.717) is 4.88 Å². The van der Waals surface area contributed by atoms with Gasteiger partial charge >= 0.3 is 5.97 Å². The van der Waals surface area contributed by atoms with Crippen molar-refractivity contribution in [3.8, 4) is 0 Å². The lowest BCUT2D eigenvalue weighted by atomic mass is 10.2. The predicted molar refractivity (Wildman–Crippen MR) is 79.3 cm³/mol. The first-order chi connectivity index (χ1) is 9.95. The molecule has 1 aromatic rings. The second kappa shape index (κ2) is 6.85. The summed E-state index contributed by atoms with van der Waals surface area (Å²) in [5.41, 5.74) is 0. The molecule has 0 spiro atoms. The molecule has 21 heavy (non-hydrogen) atoms. The molecule has 0 bridgehead atoms. The quantitative estimate of drug-likeness (QED) is 0.619. The lowest BCUT2D eigenvalue weighted by Crippen LogP contribution is -2.37. The topological polar surface area (TPSA) is 72.5 Å². The smallest absolute Gasteiger partial charge is 0.307 e. The van der Waals surface area contributed by atoms with Crippen LogP contribution in [0.5, 0.6) is 0 Å². The number of nitrogens with one attached hydrogen (secondary N) is 1. The molecule has 1 aromatic heterocycles. The number of carbonyl (C=O) groups is 3. The number of aryl methyl sites for hydroxylation is 1. The first kappa shape index (κ1) is 15.7. The largest absolute Gasteiger partial charge is 0.453 e. The maximum atomic E-state index is 11.9. The molecule has 0 saturated heterocycles. The Morgan fingerprint density at radius 3 is 2.62 bits per heavy atom. The van der Waals surface area contributed by atoms with Gasteiger partial charge in [0.05, 0.1) is 11.3 Å². The number of thiophene rings is 1. The van der Waals surface area contributed by atoms with Gasteiger partial charge in [-0.2, -0.15) is 0 Å². The lowest BCUT2D eigenvalue weighted by Gasteiger charge is -2.12. The summed E-state index contributed by atoms with van der Waals surface area (Å²) in [6.07, 6.45) is 1.27.